The van der Waals surface area contributed by atoms with Gasteiger partial charge in [0.2, 0.25) is 0 Å². The second-order valence-corrected chi connectivity index (χ2v) is 3.26. The fraction of sp³-hybridized carbons (Fsp3) is 0.857. The second-order valence-electron chi connectivity index (χ2n) is 3.26. The van der Waals surface area contributed by atoms with E-state index in [-0.39, 0.29) is 0 Å². The summed E-state index contributed by atoms with van der Waals surface area (Å²) >= 11 is 0. The van der Waals surface area contributed by atoms with Crippen molar-refractivity contribution < 1.29 is 19.6 Å². The van der Waals surface area contributed by atoms with Gasteiger partial charge in [-0.1, -0.05) is 0 Å². The summed E-state index contributed by atoms with van der Waals surface area (Å²) in [6.45, 7) is 3.33. The number of hydrogen-bond acceptors (Lipinski definition) is 5. The number of carbonyl (C=O) groups excluding carboxylic acids is 1. The number of nitrogens with zero attached hydrogens (tertiary/aromatic N) is 1. The van der Waals surface area contributed by atoms with Crippen molar-refractivity contribution in [2.45, 2.75) is 32.4 Å². The van der Waals surface area contributed by atoms with E-state index >= 15 is 0 Å². The average molecular weight is 191 g/mol. The third-order valence-electron chi connectivity index (χ3n) is 1.51. The summed E-state index contributed by atoms with van der Waals surface area (Å²) in [6.07, 6.45) is 0. The quantitative estimate of drug-likeness (QED) is 0.382. The highest BCUT2D eigenvalue weighted by atomic mass is 16.6. The lowest BCUT2D eigenvalue weighted by Gasteiger charge is -2.21. The topological polar surface area (TPSA) is 89.7 Å². The molecular formula is C7H13NO5. The minimum Gasteiger partial charge on any atom is -0.458 e. The van der Waals surface area contributed by atoms with Crippen molar-refractivity contribution in [1.82, 2.24) is 0 Å². The number of ether oxygens (including phenoxy) is 1. The van der Waals surface area contributed by atoms with Gasteiger partial charge in [0.15, 0.2) is 6.61 Å². The predicted molar refractivity (Wildman–Crippen MR) is 43.7 cm³/mol. The maximum Gasteiger partial charge on any atom is 0.302 e. The van der Waals surface area contributed by atoms with Gasteiger partial charge in [-0.15, -0.1) is 0 Å². The van der Waals surface area contributed by atoms with Crippen molar-refractivity contribution in [3.8, 4) is 0 Å². The van der Waals surface area contributed by atoms with E-state index in [1.807, 2.05) is 0 Å². The van der Waals surface area contributed by atoms with Gasteiger partial charge in [-0.2, -0.15) is 0 Å². The lowest BCUT2D eigenvalue weighted by Crippen LogP contribution is -2.45. The molecule has 0 aromatic heterocycles. The number of carbonyl (C=O) groups is 1. The lowest BCUT2D eigenvalue weighted by molar-refractivity contribution is -0.546. The SMILES string of the molecule is CC(=O)OCC([N+](=O)[O-])C(C)(C)O. The second kappa shape index (κ2) is 4.18. The van der Waals surface area contributed by atoms with Crippen molar-refractivity contribution in [2.75, 3.05) is 6.61 Å². The summed E-state index contributed by atoms with van der Waals surface area (Å²) in [4.78, 5) is 20.1. The fourth-order valence-corrected chi connectivity index (χ4v) is 0.719. The van der Waals surface area contributed by atoms with Crippen LogP contribution in [-0.2, 0) is 9.53 Å². The molecule has 0 saturated heterocycles. The number of esters is 1. The summed E-state index contributed by atoms with van der Waals surface area (Å²) in [5.41, 5.74) is -1.50. The van der Waals surface area contributed by atoms with Crippen molar-refractivity contribution in [3.63, 3.8) is 0 Å². The van der Waals surface area contributed by atoms with Crippen molar-refractivity contribution >= 4 is 5.97 Å². The first-order valence-corrected chi connectivity index (χ1v) is 3.74. The molecule has 1 atom stereocenters. The molecule has 0 heterocycles. The van der Waals surface area contributed by atoms with Crippen molar-refractivity contribution in [1.29, 1.82) is 0 Å². The van der Waals surface area contributed by atoms with E-state index in [0.29, 0.717) is 0 Å². The van der Waals surface area contributed by atoms with Gasteiger partial charge in [0.25, 0.3) is 6.04 Å². The zero-order chi connectivity index (χ0) is 10.6. The number of rotatable bonds is 4. The van der Waals surface area contributed by atoms with Crippen LogP contribution in [0.2, 0.25) is 0 Å². The van der Waals surface area contributed by atoms with E-state index in [1.54, 1.807) is 0 Å². The van der Waals surface area contributed by atoms with E-state index in [2.05, 4.69) is 4.74 Å². The molecule has 0 aromatic carbocycles. The van der Waals surface area contributed by atoms with E-state index in [4.69, 9.17) is 0 Å². The number of nitro groups is 1. The Morgan fingerprint density at radius 2 is 2.15 bits per heavy atom. The van der Waals surface area contributed by atoms with E-state index in [0.717, 1.165) is 6.92 Å². The third kappa shape index (κ3) is 4.41. The normalized spacial score (nSPS) is 13.5. The Balaban J connectivity index is 4.28. The van der Waals surface area contributed by atoms with Crippen LogP contribution in [0.1, 0.15) is 20.8 Å². The molecule has 0 saturated carbocycles. The van der Waals surface area contributed by atoms with Crippen LogP contribution in [0.4, 0.5) is 0 Å². The highest BCUT2D eigenvalue weighted by Crippen LogP contribution is 2.11. The van der Waals surface area contributed by atoms with Crippen LogP contribution in [-0.4, -0.2) is 34.2 Å². The van der Waals surface area contributed by atoms with Crippen LogP contribution in [0.5, 0.6) is 0 Å². The first-order valence-electron chi connectivity index (χ1n) is 3.74. The van der Waals surface area contributed by atoms with Crippen LogP contribution in [0.25, 0.3) is 0 Å². The highest BCUT2D eigenvalue weighted by Gasteiger charge is 2.38. The van der Waals surface area contributed by atoms with Crippen LogP contribution >= 0.6 is 0 Å². The molecule has 0 aliphatic heterocycles. The highest BCUT2D eigenvalue weighted by molar-refractivity contribution is 5.65. The molecule has 0 aromatic rings. The summed E-state index contributed by atoms with van der Waals surface area (Å²) < 4.78 is 4.45. The molecular weight excluding hydrogens is 178 g/mol. The fourth-order valence-electron chi connectivity index (χ4n) is 0.719. The van der Waals surface area contributed by atoms with Crippen molar-refractivity contribution in [2.24, 2.45) is 0 Å². The monoisotopic (exact) mass is 191 g/mol. The van der Waals surface area contributed by atoms with Gasteiger partial charge in [-0.3, -0.25) is 14.9 Å². The smallest absolute Gasteiger partial charge is 0.302 e. The lowest BCUT2D eigenvalue weighted by atomic mass is 10.0. The molecule has 0 fully saturated rings. The molecule has 0 aliphatic carbocycles. The van der Waals surface area contributed by atoms with Gasteiger partial charge in [-0.25, -0.2) is 0 Å². The standard InChI is InChI=1S/C7H13NO5/c1-5(9)13-4-6(8(11)12)7(2,3)10/h6,10H,4H2,1-3H3. The molecule has 1 N–H and O–H groups in total. The molecule has 0 rings (SSSR count). The molecule has 0 bridgehead atoms. The summed E-state index contributed by atoms with van der Waals surface area (Å²) in [5, 5.41) is 19.7. The zero-order valence-electron chi connectivity index (χ0n) is 7.81. The molecule has 0 aliphatic rings. The minimum atomic E-state index is -1.50. The zero-order valence-corrected chi connectivity index (χ0v) is 7.81. The number of aliphatic hydroxyl groups is 1. The van der Waals surface area contributed by atoms with E-state index < -0.39 is 29.1 Å². The van der Waals surface area contributed by atoms with Crippen LogP contribution < -0.4 is 0 Å². The van der Waals surface area contributed by atoms with Crippen LogP contribution in [0, 0.1) is 10.1 Å². The van der Waals surface area contributed by atoms with E-state index in [1.165, 1.54) is 13.8 Å². The Labute approximate surface area is 75.7 Å². The molecule has 0 amide bonds. The third-order valence-corrected chi connectivity index (χ3v) is 1.51. The molecule has 6 heteroatoms. The van der Waals surface area contributed by atoms with Crippen LogP contribution in [0.15, 0.2) is 0 Å². The molecule has 0 spiro atoms. The molecule has 76 valence electrons. The maximum absolute atomic E-state index is 10.4. The van der Waals surface area contributed by atoms with Gasteiger partial charge in [-0.05, 0) is 13.8 Å². The summed E-state index contributed by atoms with van der Waals surface area (Å²) in [6, 6.07) is -1.30. The molecule has 13 heavy (non-hydrogen) atoms. The summed E-state index contributed by atoms with van der Waals surface area (Å²) in [5.74, 6) is -0.601. The van der Waals surface area contributed by atoms with Gasteiger partial charge >= 0.3 is 5.97 Å². The van der Waals surface area contributed by atoms with Gasteiger partial charge in [0, 0.05) is 11.8 Å². The van der Waals surface area contributed by atoms with Gasteiger partial charge in [0.1, 0.15) is 5.60 Å². The first kappa shape index (κ1) is 11.8. The Kier molecular flexibility index (Phi) is 3.80. The van der Waals surface area contributed by atoms with Crippen LogP contribution in [0.3, 0.4) is 0 Å². The largest absolute Gasteiger partial charge is 0.458 e. The average Bonchev–Trinajstić information content (AvgIpc) is 1.81. The first-order chi connectivity index (χ1) is 5.75. The summed E-state index contributed by atoms with van der Waals surface area (Å²) in [7, 11) is 0. The Morgan fingerprint density at radius 1 is 1.69 bits per heavy atom. The molecule has 1 unspecified atom stereocenters. The van der Waals surface area contributed by atoms with Gasteiger partial charge < -0.3 is 9.84 Å². The van der Waals surface area contributed by atoms with Crippen molar-refractivity contribution in [3.05, 3.63) is 10.1 Å². The van der Waals surface area contributed by atoms with Gasteiger partial charge in [0.05, 0.1) is 0 Å². The maximum atomic E-state index is 10.4. The minimum absolute atomic E-state index is 0.411. The molecule has 0 radical (unpaired) electrons. The molecule has 6 nitrogen and oxygen atoms in total. The Hall–Kier alpha value is -1.17. The Morgan fingerprint density at radius 3 is 2.38 bits per heavy atom. The Bertz CT molecular complexity index is 207. The predicted octanol–water partition coefficient (Wildman–Crippen LogP) is -0.0343. The number of hydrogen-bond donors (Lipinski definition) is 1. The van der Waals surface area contributed by atoms with E-state index in [9.17, 15) is 20.0 Å².